The van der Waals surface area contributed by atoms with Gasteiger partial charge in [-0.25, -0.2) is 4.68 Å². The average molecular weight is 222 g/mol. The van der Waals surface area contributed by atoms with Crippen molar-refractivity contribution >= 4 is 0 Å². The highest BCUT2D eigenvalue weighted by molar-refractivity contribution is 4.94. The van der Waals surface area contributed by atoms with Gasteiger partial charge < -0.3 is 5.73 Å². The van der Waals surface area contributed by atoms with E-state index in [0.29, 0.717) is 0 Å². The van der Waals surface area contributed by atoms with E-state index >= 15 is 0 Å². The summed E-state index contributed by atoms with van der Waals surface area (Å²) in [6, 6.07) is 0. The Labute approximate surface area is 97.2 Å². The zero-order chi connectivity index (χ0) is 11.2. The molecule has 0 spiro atoms. The summed E-state index contributed by atoms with van der Waals surface area (Å²) in [5, 5.41) is 8.20. The first-order valence-electron chi connectivity index (χ1n) is 6.47. The third-order valence-electron chi connectivity index (χ3n) is 3.49. The van der Waals surface area contributed by atoms with E-state index in [9.17, 15) is 0 Å². The molecule has 0 aliphatic heterocycles. The summed E-state index contributed by atoms with van der Waals surface area (Å²) in [7, 11) is 0. The number of hydrogen-bond acceptors (Lipinski definition) is 3. The van der Waals surface area contributed by atoms with Gasteiger partial charge in [-0.3, -0.25) is 0 Å². The van der Waals surface area contributed by atoms with E-state index in [0.717, 1.165) is 31.8 Å². The molecule has 1 fully saturated rings. The minimum atomic E-state index is 0.745. The molecule has 4 nitrogen and oxygen atoms in total. The first kappa shape index (κ1) is 11.6. The Morgan fingerprint density at radius 1 is 1.31 bits per heavy atom. The van der Waals surface area contributed by atoms with Gasteiger partial charge in [-0.1, -0.05) is 24.5 Å². The van der Waals surface area contributed by atoms with Crippen LogP contribution in [0.1, 0.15) is 44.2 Å². The molecule has 0 aromatic carbocycles. The van der Waals surface area contributed by atoms with Crippen molar-refractivity contribution in [3.05, 3.63) is 11.9 Å². The monoisotopic (exact) mass is 222 g/mol. The first-order valence-corrected chi connectivity index (χ1v) is 6.47. The Hall–Kier alpha value is -0.900. The van der Waals surface area contributed by atoms with Crippen molar-refractivity contribution < 1.29 is 0 Å². The lowest BCUT2D eigenvalue weighted by molar-refractivity contribution is 0.302. The highest BCUT2D eigenvalue weighted by Gasteiger charge is 2.15. The lowest BCUT2D eigenvalue weighted by Gasteiger charge is -2.21. The smallest absolute Gasteiger partial charge is 0.0725 e. The minimum Gasteiger partial charge on any atom is -0.330 e. The fraction of sp³-hybridized carbons (Fsp3) is 0.833. The number of hydrogen-bond donors (Lipinski definition) is 1. The van der Waals surface area contributed by atoms with Crippen LogP contribution in [0.25, 0.3) is 0 Å². The maximum absolute atomic E-state index is 5.53. The highest BCUT2D eigenvalue weighted by atomic mass is 15.4. The Kier molecular flexibility index (Phi) is 4.34. The van der Waals surface area contributed by atoms with E-state index in [1.54, 1.807) is 0 Å². The number of nitrogens with zero attached hydrogens (tertiary/aromatic N) is 3. The normalized spacial score (nSPS) is 17.8. The summed E-state index contributed by atoms with van der Waals surface area (Å²) in [6.45, 7) is 1.80. The van der Waals surface area contributed by atoms with Crippen LogP contribution in [0.5, 0.6) is 0 Å². The van der Waals surface area contributed by atoms with Crippen LogP contribution in [0.4, 0.5) is 0 Å². The molecule has 1 aliphatic carbocycles. The molecule has 4 heteroatoms. The molecule has 0 bridgehead atoms. The standard InChI is InChI=1S/C12H22N4/c13-8-4-7-12-9-14-15-16(12)10-11-5-2-1-3-6-11/h9,11H,1-8,10,13H2. The van der Waals surface area contributed by atoms with Crippen LogP contribution in [0.3, 0.4) is 0 Å². The second-order valence-corrected chi connectivity index (χ2v) is 4.80. The summed E-state index contributed by atoms with van der Waals surface area (Å²) < 4.78 is 2.09. The zero-order valence-corrected chi connectivity index (χ0v) is 9.94. The van der Waals surface area contributed by atoms with Gasteiger partial charge in [0.1, 0.15) is 0 Å². The fourth-order valence-electron chi connectivity index (χ4n) is 2.52. The Balaban J connectivity index is 1.89. The van der Waals surface area contributed by atoms with Crippen molar-refractivity contribution in [2.45, 2.75) is 51.5 Å². The molecule has 0 radical (unpaired) electrons. The summed E-state index contributed by atoms with van der Waals surface area (Å²) in [5.41, 5.74) is 6.78. The van der Waals surface area contributed by atoms with Gasteiger partial charge in [0.15, 0.2) is 0 Å². The van der Waals surface area contributed by atoms with E-state index in [2.05, 4.69) is 15.0 Å². The molecule has 0 amide bonds. The predicted octanol–water partition coefficient (Wildman–Crippen LogP) is 1.75. The maximum atomic E-state index is 5.53. The molecule has 90 valence electrons. The molecule has 1 heterocycles. The van der Waals surface area contributed by atoms with Gasteiger partial charge in [-0.15, -0.1) is 5.10 Å². The van der Waals surface area contributed by atoms with Gasteiger partial charge >= 0.3 is 0 Å². The number of rotatable bonds is 5. The fourth-order valence-corrected chi connectivity index (χ4v) is 2.52. The third-order valence-corrected chi connectivity index (χ3v) is 3.49. The van der Waals surface area contributed by atoms with Gasteiger partial charge in [0.25, 0.3) is 0 Å². The van der Waals surface area contributed by atoms with E-state index in [1.165, 1.54) is 37.8 Å². The lowest BCUT2D eigenvalue weighted by atomic mass is 9.89. The topological polar surface area (TPSA) is 56.7 Å². The number of aryl methyl sites for hydroxylation is 1. The molecule has 0 atom stereocenters. The summed E-state index contributed by atoms with van der Waals surface area (Å²) in [6.07, 6.45) is 10.8. The highest BCUT2D eigenvalue weighted by Crippen LogP contribution is 2.25. The molecule has 2 N–H and O–H groups in total. The Bertz CT molecular complexity index is 302. The van der Waals surface area contributed by atoms with Crippen molar-refractivity contribution in [2.75, 3.05) is 6.54 Å². The molecule has 0 saturated heterocycles. The third kappa shape index (κ3) is 3.04. The minimum absolute atomic E-state index is 0.745. The van der Waals surface area contributed by atoms with Crippen LogP contribution in [-0.2, 0) is 13.0 Å². The molecule has 2 rings (SSSR count). The van der Waals surface area contributed by atoms with Crippen LogP contribution in [0.15, 0.2) is 6.20 Å². The molecule has 16 heavy (non-hydrogen) atoms. The molecule has 0 unspecified atom stereocenters. The van der Waals surface area contributed by atoms with Gasteiger partial charge in [0.05, 0.1) is 11.9 Å². The Morgan fingerprint density at radius 2 is 2.12 bits per heavy atom. The maximum Gasteiger partial charge on any atom is 0.0725 e. The van der Waals surface area contributed by atoms with Gasteiger partial charge in [0, 0.05) is 6.54 Å². The van der Waals surface area contributed by atoms with Crippen molar-refractivity contribution in [1.29, 1.82) is 0 Å². The van der Waals surface area contributed by atoms with Crippen molar-refractivity contribution in [1.82, 2.24) is 15.0 Å². The van der Waals surface area contributed by atoms with E-state index in [-0.39, 0.29) is 0 Å². The largest absolute Gasteiger partial charge is 0.330 e. The molecular formula is C12H22N4. The number of nitrogens with two attached hydrogens (primary N) is 1. The molecule has 1 aromatic rings. The van der Waals surface area contributed by atoms with Crippen molar-refractivity contribution in [3.63, 3.8) is 0 Å². The summed E-state index contributed by atoms with van der Waals surface area (Å²) in [4.78, 5) is 0. The zero-order valence-electron chi connectivity index (χ0n) is 9.94. The van der Waals surface area contributed by atoms with Crippen LogP contribution >= 0.6 is 0 Å². The summed E-state index contributed by atoms with van der Waals surface area (Å²) in [5.74, 6) is 0.812. The average Bonchev–Trinajstić information content (AvgIpc) is 2.75. The predicted molar refractivity (Wildman–Crippen MR) is 64.0 cm³/mol. The second-order valence-electron chi connectivity index (χ2n) is 4.80. The lowest BCUT2D eigenvalue weighted by Crippen LogP contribution is -2.17. The van der Waals surface area contributed by atoms with Crippen molar-refractivity contribution in [2.24, 2.45) is 11.7 Å². The molecule has 1 saturated carbocycles. The van der Waals surface area contributed by atoms with Crippen LogP contribution in [0.2, 0.25) is 0 Å². The van der Waals surface area contributed by atoms with Gasteiger partial charge in [-0.2, -0.15) is 0 Å². The Morgan fingerprint density at radius 3 is 2.88 bits per heavy atom. The van der Waals surface area contributed by atoms with Gasteiger partial charge in [-0.05, 0) is 38.1 Å². The van der Waals surface area contributed by atoms with E-state index < -0.39 is 0 Å². The van der Waals surface area contributed by atoms with Crippen LogP contribution < -0.4 is 5.73 Å². The van der Waals surface area contributed by atoms with Gasteiger partial charge in [0.2, 0.25) is 0 Å². The van der Waals surface area contributed by atoms with Crippen molar-refractivity contribution in [3.8, 4) is 0 Å². The molecule has 1 aliphatic rings. The molecular weight excluding hydrogens is 200 g/mol. The quantitative estimate of drug-likeness (QED) is 0.825. The second kappa shape index (κ2) is 5.99. The first-order chi connectivity index (χ1) is 7.90. The van der Waals surface area contributed by atoms with Crippen LogP contribution in [-0.4, -0.2) is 21.5 Å². The SMILES string of the molecule is NCCCc1cnnn1CC1CCCCC1. The number of aromatic nitrogens is 3. The summed E-state index contributed by atoms with van der Waals surface area (Å²) >= 11 is 0. The van der Waals surface area contributed by atoms with Crippen LogP contribution in [0, 0.1) is 5.92 Å². The van der Waals surface area contributed by atoms with E-state index in [1.807, 2.05) is 6.20 Å². The molecule has 1 aromatic heterocycles. The van der Waals surface area contributed by atoms with E-state index in [4.69, 9.17) is 5.73 Å².